The van der Waals surface area contributed by atoms with E-state index in [2.05, 4.69) is 31.3 Å². The molecule has 28 heavy (non-hydrogen) atoms. The smallest absolute Gasteiger partial charge is 0.206 e. The van der Waals surface area contributed by atoms with Crippen molar-refractivity contribution in [1.82, 2.24) is 19.4 Å². The number of morpholine rings is 2. The third-order valence-electron chi connectivity index (χ3n) is 6.69. The molecule has 150 valence electrons. The van der Waals surface area contributed by atoms with E-state index in [1.807, 2.05) is 6.07 Å². The summed E-state index contributed by atoms with van der Waals surface area (Å²) in [6, 6.07) is 2.75. The van der Waals surface area contributed by atoms with Gasteiger partial charge in [0.1, 0.15) is 10.7 Å². The molecular weight excluding hydrogens is 380 g/mol. The summed E-state index contributed by atoms with van der Waals surface area (Å²) >= 11 is 6.42. The first-order chi connectivity index (χ1) is 13.7. The van der Waals surface area contributed by atoms with Crippen LogP contribution in [0.25, 0.3) is 11.0 Å². The Morgan fingerprint density at radius 1 is 1.11 bits per heavy atom. The fourth-order valence-corrected chi connectivity index (χ4v) is 5.38. The standard InChI is InChI=1S/C19H25ClN6O2/c1-23-15-7-16(20)21-18(26-9-14-6-12(26)11-28-14)17(15)22-19(23)25-3-2-24-4-5-27-10-13(24)8-25/h7,12-14H,2-6,8-11H2,1H3/t12-,13-,14-/m1/s1. The Balaban J connectivity index is 1.38. The Bertz CT molecular complexity index is 919. The molecule has 0 aliphatic carbocycles. The summed E-state index contributed by atoms with van der Waals surface area (Å²) < 4.78 is 13.6. The van der Waals surface area contributed by atoms with Crippen LogP contribution >= 0.6 is 11.6 Å². The normalized spacial score (nSPS) is 30.4. The third-order valence-corrected chi connectivity index (χ3v) is 6.88. The summed E-state index contributed by atoms with van der Waals surface area (Å²) in [5.74, 6) is 1.89. The number of anilines is 2. The number of aromatic nitrogens is 3. The first-order valence-electron chi connectivity index (χ1n) is 10.2. The largest absolute Gasteiger partial charge is 0.378 e. The molecule has 6 rings (SSSR count). The molecule has 0 spiro atoms. The van der Waals surface area contributed by atoms with Crippen LogP contribution in [0.5, 0.6) is 0 Å². The molecule has 4 aliphatic rings. The second kappa shape index (κ2) is 6.45. The molecule has 0 amide bonds. The molecule has 8 nitrogen and oxygen atoms in total. The molecule has 0 aromatic carbocycles. The minimum atomic E-state index is 0.309. The topological polar surface area (TPSA) is 58.9 Å². The van der Waals surface area contributed by atoms with Gasteiger partial charge in [-0.25, -0.2) is 9.97 Å². The number of hydrogen-bond acceptors (Lipinski definition) is 7. The predicted molar refractivity (Wildman–Crippen MR) is 107 cm³/mol. The van der Waals surface area contributed by atoms with Crippen molar-refractivity contribution in [2.45, 2.75) is 24.6 Å². The lowest BCUT2D eigenvalue weighted by Gasteiger charge is -2.43. The van der Waals surface area contributed by atoms with Gasteiger partial charge < -0.3 is 23.8 Å². The number of hydrogen-bond donors (Lipinski definition) is 0. The molecule has 2 bridgehead atoms. The first-order valence-corrected chi connectivity index (χ1v) is 10.5. The van der Waals surface area contributed by atoms with Gasteiger partial charge in [-0.3, -0.25) is 4.90 Å². The van der Waals surface area contributed by atoms with Gasteiger partial charge in [-0.15, -0.1) is 0 Å². The van der Waals surface area contributed by atoms with E-state index >= 15 is 0 Å². The van der Waals surface area contributed by atoms with Crippen molar-refractivity contribution in [1.29, 1.82) is 0 Å². The molecular formula is C19H25ClN6O2. The molecule has 2 aromatic rings. The van der Waals surface area contributed by atoms with Crippen molar-refractivity contribution >= 4 is 34.4 Å². The molecule has 4 saturated heterocycles. The van der Waals surface area contributed by atoms with Crippen LogP contribution in [0.3, 0.4) is 0 Å². The van der Waals surface area contributed by atoms with Crippen LogP contribution in [0.1, 0.15) is 6.42 Å². The van der Waals surface area contributed by atoms with Gasteiger partial charge >= 0.3 is 0 Å². The first kappa shape index (κ1) is 17.3. The summed E-state index contributed by atoms with van der Waals surface area (Å²) in [6.07, 6.45) is 1.38. The van der Waals surface area contributed by atoms with Gasteiger partial charge in [-0.05, 0) is 6.42 Å². The molecule has 9 heteroatoms. The van der Waals surface area contributed by atoms with Gasteiger partial charge in [0, 0.05) is 45.8 Å². The van der Waals surface area contributed by atoms with Gasteiger partial charge in [-0.2, -0.15) is 0 Å². The van der Waals surface area contributed by atoms with E-state index in [-0.39, 0.29) is 0 Å². The van der Waals surface area contributed by atoms with E-state index in [0.29, 0.717) is 23.3 Å². The number of pyridine rings is 1. The van der Waals surface area contributed by atoms with E-state index in [4.69, 9.17) is 26.1 Å². The molecule has 0 N–H and O–H groups in total. The summed E-state index contributed by atoms with van der Waals surface area (Å²) in [4.78, 5) is 17.0. The predicted octanol–water partition coefficient (Wildman–Crippen LogP) is 1.12. The van der Waals surface area contributed by atoms with Crippen molar-refractivity contribution in [2.75, 3.05) is 62.3 Å². The fraction of sp³-hybridized carbons (Fsp3) is 0.684. The number of ether oxygens (including phenoxy) is 2. The van der Waals surface area contributed by atoms with Crippen LogP contribution < -0.4 is 9.80 Å². The zero-order valence-electron chi connectivity index (χ0n) is 16.1. The van der Waals surface area contributed by atoms with Crippen LogP contribution in [-0.4, -0.2) is 90.2 Å². The molecule has 2 aromatic heterocycles. The minimum Gasteiger partial charge on any atom is -0.378 e. The zero-order valence-corrected chi connectivity index (χ0v) is 16.8. The Kier molecular flexibility index (Phi) is 3.98. The number of fused-ring (bicyclic) bond motifs is 4. The summed E-state index contributed by atoms with van der Waals surface area (Å²) in [6.45, 7) is 7.29. The van der Waals surface area contributed by atoms with Crippen LogP contribution in [0, 0.1) is 0 Å². The minimum absolute atomic E-state index is 0.309. The average molecular weight is 405 g/mol. The number of imidazole rings is 1. The summed E-state index contributed by atoms with van der Waals surface area (Å²) in [5, 5.41) is 0.520. The SMILES string of the molecule is Cn1c(N2CCN3CCOC[C@H]3C2)nc2c(N3C[C@H]4C[C@@H]3CO4)nc(Cl)cc21. The quantitative estimate of drug-likeness (QED) is 0.695. The maximum absolute atomic E-state index is 6.42. The van der Waals surface area contributed by atoms with Gasteiger partial charge in [0.25, 0.3) is 0 Å². The Morgan fingerprint density at radius 3 is 2.86 bits per heavy atom. The highest BCUT2D eigenvalue weighted by atomic mass is 35.5. The number of nitrogens with zero attached hydrogens (tertiary/aromatic N) is 6. The number of rotatable bonds is 2. The Labute approximate surface area is 169 Å². The molecule has 4 aliphatic heterocycles. The lowest BCUT2D eigenvalue weighted by Crippen LogP contribution is -2.58. The van der Waals surface area contributed by atoms with Crippen LogP contribution in [0.15, 0.2) is 6.07 Å². The second-order valence-electron chi connectivity index (χ2n) is 8.32. The summed E-state index contributed by atoms with van der Waals surface area (Å²) in [5.41, 5.74) is 1.98. The van der Waals surface area contributed by atoms with Gasteiger partial charge in [0.2, 0.25) is 5.95 Å². The van der Waals surface area contributed by atoms with Crippen molar-refractivity contribution in [3.63, 3.8) is 0 Å². The maximum atomic E-state index is 6.42. The highest BCUT2D eigenvalue weighted by molar-refractivity contribution is 6.30. The lowest BCUT2D eigenvalue weighted by molar-refractivity contribution is -0.0119. The van der Waals surface area contributed by atoms with E-state index in [1.165, 1.54) is 0 Å². The van der Waals surface area contributed by atoms with Gasteiger partial charge in [0.05, 0.1) is 43.5 Å². The highest BCUT2D eigenvalue weighted by Crippen LogP contribution is 2.37. The monoisotopic (exact) mass is 404 g/mol. The molecule has 0 unspecified atom stereocenters. The van der Waals surface area contributed by atoms with E-state index < -0.39 is 0 Å². The van der Waals surface area contributed by atoms with Crippen molar-refractivity contribution in [3.05, 3.63) is 11.2 Å². The zero-order chi connectivity index (χ0) is 18.8. The van der Waals surface area contributed by atoms with Crippen molar-refractivity contribution in [2.24, 2.45) is 7.05 Å². The van der Waals surface area contributed by atoms with Gasteiger partial charge in [0.15, 0.2) is 5.82 Å². The highest BCUT2D eigenvalue weighted by Gasteiger charge is 2.41. The second-order valence-corrected chi connectivity index (χ2v) is 8.70. The van der Waals surface area contributed by atoms with Crippen LogP contribution in [-0.2, 0) is 16.5 Å². The van der Waals surface area contributed by atoms with Crippen LogP contribution in [0.4, 0.5) is 11.8 Å². The summed E-state index contributed by atoms with van der Waals surface area (Å²) in [7, 11) is 2.08. The molecule has 4 fully saturated rings. The Hall–Kier alpha value is -1.61. The fourth-order valence-electron chi connectivity index (χ4n) is 5.20. The number of piperazine rings is 1. The van der Waals surface area contributed by atoms with Gasteiger partial charge in [-0.1, -0.05) is 11.6 Å². The number of aryl methyl sites for hydroxylation is 1. The van der Waals surface area contributed by atoms with E-state index in [9.17, 15) is 0 Å². The average Bonchev–Trinajstić information content (AvgIpc) is 3.42. The molecule has 6 heterocycles. The van der Waals surface area contributed by atoms with Crippen LogP contribution in [0.2, 0.25) is 5.15 Å². The van der Waals surface area contributed by atoms with E-state index in [0.717, 1.165) is 81.8 Å². The van der Waals surface area contributed by atoms with Crippen molar-refractivity contribution < 1.29 is 9.47 Å². The lowest BCUT2D eigenvalue weighted by atomic mass is 10.1. The number of halogens is 1. The Morgan fingerprint density at radius 2 is 2.04 bits per heavy atom. The molecule has 0 saturated carbocycles. The van der Waals surface area contributed by atoms with E-state index in [1.54, 1.807) is 0 Å². The molecule has 3 atom stereocenters. The maximum Gasteiger partial charge on any atom is 0.206 e. The van der Waals surface area contributed by atoms with Crippen molar-refractivity contribution in [3.8, 4) is 0 Å². The third kappa shape index (κ3) is 2.62. The molecule has 0 radical (unpaired) electrons.